The molecule has 0 unspecified atom stereocenters. The van der Waals surface area contributed by atoms with Crippen molar-refractivity contribution in [2.75, 3.05) is 24.9 Å². The number of benzene rings is 2. The van der Waals surface area contributed by atoms with Gasteiger partial charge >= 0.3 is 0 Å². The van der Waals surface area contributed by atoms with Gasteiger partial charge in [-0.05, 0) is 40.2 Å². The summed E-state index contributed by atoms with van der Waals surface area (Å²) in [5.74, 6) is 0.496. The van der Waals surface area contributed by atoms with E-state index in [2.05, 4.69) is 26.6 Å². The van der Waals surface area contributed by atoms with Crippen LogP contribution in [0.15, 0.2) is 58.7 Å². The lowest BCUT2D eigenvalue weighted by Crippen LogP contribution is -2.14. The molecule has 2 aromatic carbocycles. The minimum atomic E-state index is -0.533. The van der Waals surface area contributed by atoms with Crippen LogP contribution in [0.4, 0.5) is 11.4 Å². The number of para-hydroxylation sites is 1. The number of hydrogen-bond donors (Lipinski definition) is 2. The second kappa shape index (κ2) is 8.76. The van der Waals surface area contributed by atoms with Gasteiger partial charge in [-0.15, -0.1) is 0 Å². The van der Waals surface area contributed by atoms with Crippen molar-refractivity contribution in [2.45, 2.75) is 0 Å². The summed E-state index contributed by atoms with van der Waals surface area (Å²) in [5, 5.41) is 14.8. The van der Waals surface area contributed by atoms with E-state index in [1.165, 1.54) is 20.4 Å². The largest absolute Gasteiger partial charge is 0.493 e. The Morgan fingerprint density at radius 2 is 1.88 bits per heavy atom. The average Bonchev–Trinajstić information content (AvgIpc) is 2.63. The van der Waals surface area contributed by atoms with Crippen molar-refractivity contribution in [2.24, 2.45) is 0 Å². The van der Waals surface area contributed by atoms with Crippen LogP contribution in [0.5, 0.6) is 11.5 Å². The molecule has 0 saturated carbocycles. The standard InChI is InChI=1S/C18H16BrN3O3/c1-24-16-8-7-13(9-17(16)25-2)22-18(23)12(10-20)11-21-15-6-4-3-5-14(15)19/h3-9,11,21H,1-2H3,(H,22,23)/b12-11-. The maximum absolute atomic E-state index is 12.3. The van der Waals surface area contributed by atoms with Gasteiger partial charge in [-0.2, -0.15) is 5.26 Å². The highest BCUT2D eigenvalue weighted by molar-refractivity contribution is 9.10. The van der Waals surface area contributed by atoms with Crippen LogP contribution in [0.2, 0.25) is 0 Å². The summed E-state index contributed by atoms with van der Waals surface area (Å²) in [7, 11) is 3.03. The molecule has 0 spiro atoms. The number of halogens is 1. The molecular weight excluding hydrogens is 386 g/mol. The summed E-state index contributed by atoms with van der Waals surface area (Å²) >= 11 is 3.39. The van der Waals surface area contributed by atoms with Gasteiger partial charge in [0.25, 0.3) is 5.91 Å². The number of carbonyl (C=O) groups is 1. The topological polar surface area (TPSA) is 83.4 Å². The van der Waals surface area contributed by atoms with Gasteiger partial charge in [0.05, 0.1) is 19.9 Å². The SMILES string of the molecule is COc1ccc(NC(=O)/C(C#N)=C\Nc2ccccc2Br)cc1OC. The molecule has 2 aromatic rings. The molecule has 2 N–H and O–H groups in total. The van der Waals surface area contributed by atoms with Crippen molar-refractivity contribution in [1.82, 2.24) is 0 Å². The van der Waals surface area contributed by atoms with Crippen molar-refractivity contribution >= 4 is 33.2 Å². The van der Waals surface area contributed by atoms with Gasteiger partial charge in [-0.3, -0.25) is 4.79 Å². The molecule has 2 rings (SSSR count). The molecule has 25 heavy (non-hydrogen) atoms. The number of nitrogens with zero attached hydrogens (tertiary/aromatic N) is 1. The lowest BCUT2D eigenvalue weighted by molar-refractivity contribution is -0.112. The molecule has 128 valence electrons. The third kappa shape index (κ3) is 4.75. The lowest BCUT2D eigenvalue weighted by atomic mass is 10.2. The van der Waals surface area contributed by atoms with E-state index in [9.17, 15) is 10.1 Å². The Bertz CT molecular complexity index is 844. The van der Waals surface area contributed by atoms with Crippen LogP contribution < -0.4 is 20.1 Å². The number of carbonyl (C=O) groups excluding carboxylic acids is 1. The Morgan fingerprint density at radius 1 is 1.16 bits per heavy atom. The van der Waals surface area contributed by atoms with Crippen molar-refractivity contribution in [3.8, 4) is 17.6 Å². The van der Waals surface area contributed by atoms with Gasteiger partial charge in [0, 0.05) is 22.4 Å². The molecule has 0 bridgehead atoms. The van der Waals surface area contributed by atoms with Crippen molar-refractivity contribution in [1.29, 1.82) is 5.26 Å². The van der Waals surface area contributed by atoms with E-state index in [1.807, 2.05) is 30.3 Å². The average molecular weight is 402 g/mol. The van der Waals surface area contributed by atoms with E-state index >= 15 is 0 Å². The summed E-state index contributed by atoms with van der Waals surface area (Å²) in [5.41, 5.74) is 1.17. The molecule has 0 aliphatic carbocycles. The zero-order valence-electron chi connectivity index (χ0n) is 13.7. The molecule has 0 aliphatic heterocycles. The first kappa shape index (κ1) is 18.4. The van der Waals surface area contributed by atoms with Crippen LogP contribution >= 0.6 is 15.9 Å². The quantitative estimate of drug-likeness (QED) is 0.565. The first-order valence-corrected chi connectivity index (χ1v) is 8.03. The summed E-state index contributed by atoms with van der Waals surface area (Å²) in [6.45, 7) is 0. The summed E-state index contributed by atoms with van der Waals surface area (Å²) < 4.78 is 11.2. The number of anilines is 2. The van der Waals surface area contributed by atoms with Crippen molar-refractivity contribution in [3.63, 3.8) is 0 Å². The Kier molecular flexibility index (Phi) is 6.43. The Morgan fingerprint density at radius 3 is 2.52 bits per heavy atom. The van der Waals surface area contributed by atoms with Gasteiger partial charge in [-0.1, -0.05) is 12.1 Å². The molecule has 6 nitrogen and oxygen atoms in total. The van der Waals surface area contributed by atoms with Crippen LogP contribution in [0.3, 0.4) is 0 Å². The molecule has 0 radical (unpaired) electrons. The van der Waals surface area contributed by atoms with E-state index in [-0.39, 0.29) is 5.57 Å². The third-order valence-electron chi connectivity index (χ3n) is 3.25. The van der Waals surface area contributed by atoms with Crippen molar-refractivity contribution in [3.05, 3.63) is 58.7 Å². The van der Waals surface area contributed by atoms with Crippen LogP contribution in [0.25, 0.3) is 0 Å². The molecule has 7 heteroatoms. The number of amides is 1. The smallest absolute Gasteiger partial charge is 0.267 e. The van der Waals surface area contributed by atoms with Gasteiger partial charge in [0.1, 0.15) is 11.6 Å². The van der Waals surface area contributed by atoms with Gasteiger partial charge < -0.3 is 20.1 Å². The molecule has 0 fully saturated rings. The Balaban J connectivity index is 2.14. The highest BCUT2D eigenvalue weighted by Crippen LogP contribution is 2.29. The normalized spacial score (nSPS) is 10.6. The number of rotatable bonds is 6. The molecule has 0 saturated heterocycles. The second-order valence-electron chi connectivity index (χ2n) is 4.82. The van der Waals surface area contributed by atoms with Crippen LogP contribution in [0, 0.1) is 11.3 Å². The van der Waals surface area contributed by atoms with E-state index < -0.39 is 5.91 Å². The molecule has 0 aromatic heterocycles. The zero-order chi connectivity index (χ0) is 18.2. The monoisotopic (exact) mass is 401 g/mol. The molecule has 0 atom stereocenters. The predicted molar refractivity (Wildman–Crippen MR) is 99.6 cm³/mol. The lowest BCUT2D eigenvalue weighted by Gasteiger charge is -2.10. The van der Waals surface area contributed by atoms with Crippen LogP contribution in [-0.4, -0.2) is 20.1 Å². The first-order valence-electron chi connectivity index (χ1n) is 7.23. The molecule has 1 amide bonds. The molecule has 0 heterocycles. The maximum atomic E-state index is 12.3. The fourth-order valence-corrected chi connectivity index (χ4v) is 2.39. The Labute approximate surface area is 154 Å². The summed E-state index contributed by atoms with van der Waals surface area (Å²) in [6, 6.07) is 14.2. The fourth-order valence-electron chi connectivity index (χ4n) is 1.99. The highest BCUT2D eigenvalue weighted by Gasteiger charge is 2.11. The number of nitriles is 1. The van der Waals surface area contributed by atoms with Crippen molar-refractivity contribution < 1.29 is 14.3 Å². The summed E-state index contributed by atoms with van der Waals surface area (Å²) in [6.07, 6.45) is 1.36. The zero-order valence-corrected chi connectivity index (χ0v) is 15.3. The van der Waals surface area contributed by atoms with E-state index in [4.69, 9.17) is 9.47 Å². The third-order valence-corrected chi connectivity index (χ3v) is 3.94. The van der Waals surface area contributed by atoms with E-state index in [0.717, 1.165) is 10.2 Å². The number of nitrogens with one attached hydrogen (secondary N) is 2. The van der Waals surface area contributed by atoms with Gasteiger partial charge in [0.15, 0.2) is 11.5 Å². The highest BCUT2D eigenvalue weighted by atomic mass is 79.9. The minimum Gasteiger partial charge on any atom is -0.493 e. The predicted octanol–water partition coefficient (Wildman–Crippen LogP) is 3.92. The Hall–Kier alpha value is -2.98. The van der Waals surface area contributed by atoms with Crippen LogP contribution in [-0.2, 0) is 4.79 Å². The molecular formula is C18H16BrN3O3. The van der Waals surface area contributed by atoms with Crippen LogP contribution in [0.1, 0.15) is 0 Å². The minimum absolute atomic E-state index is 0.0643. The van der Waals surface area contributed by atoms with E-state index in [0.29, 0.717) is 17.2 Å². The summed E-state index contributed by atoms with van der Waals surface area (Å²) in [4.78, 5) is 12.3. The molecule has 0 aliphatic rings. The number of hydrogen-bond acceptors (Lipinski definition) is 5. The second-order valence-corrected chi connectivity index (χ2v) is 5.67. The number of ether oxygens (including phenoxy) is 2. The van der Waals surface area contributed by atoms with E-state index in [1.54, 1.807) is 18.2 Å². The fraction of sp³-hybridized carbons (Fsp3) is 0.111. The first-order chi connectivity index (χ1) is 12.1. The van der Waals surface area contributed by atoms with Gasteiger partial charge in [-0.25, -0.2) is 0 Å². The maximum Gasteiger partial charge on any atom is 0.267 e. The van der Waals surface area contributed by atoms with Gasteiger partial charge in [0.2, 0.25) is 0 Å². The number of methoxy groups -OCH3 is 2.